The topological polar surface area (TPSA) is 50.7 Å². The number of hydrogen-bond donors (Lipinski definition) is 1. The molecule has 1 unspecified atom stereocenters. The summed E-state index contributed by atoms with van der Waals surface area (Å²) in [5.74, 6) is 0.759. The van der Waals surface area contributed by atoms with Crippen LogP contribution in [0.5, 0.6) is 0 Å². The van der Waals surface area contributed by atoms with Gasteiger partial charge in [-0.05, 0) is 43.1 Å². The average Bonchev–Trinajstić information content (AvgIpc) is 2.35. The third kappa shape index (κ3) is 2.91. The van der Waals surface area contributed by atoms with E-state index >= 15 is 0 Å². The van der Waals surface area contributed by atoms with Crippen LogP contribution in [0.3, 0.4) is 0 Å². The summed E-state index contributed by atoms with van der Waals surface area (Å²) in [4.78, 5) is 12.1. The first-order chi connectivity index (χ1) is 8.16. The minimum absolute atomic E-state index is 0.141. The van der Waals surface area contributed by atoms with Crippen molar-refractivity contribution in [3.63, 3.8) is 0 Å². The Morgan fingerprint density at radius 1 is 1.29 bits per heavy atom. The van der Waals surface area contributed by atoms with Crippen LogP contribution >= 0.6 is 11.6 Å². The number of nitrogens with one attached hydrogen (secondary N) is 1. The molecule has 0 spiro atoms. The van der Waals surface area contributed by atoms with E-state index in [0.717, 1.165) is 16.9 Å². The second-order valence-electron chi connectivity index (χ2n) is 3.82. The van der Waals surface area contributed by atoms with Gasteiger partial charge in [0, 0.05) is 24.2 Å². The standard InChI is InChI=1S/C12H13ClN4/c1-8-7-15-12(13)17-11(8)16-9(2)10-3-5-14-6-4-10/h3-7,9H,1-2H3,(H,15,16,17). The number of halogens is 1. The SMILES string of the molecule is Cc1cnc(Cl)nc1NC(C)c1ccncc1. The van der Waals surface area contributed by atoms with E-state index in [1.54, 1.807) is 18.6 Å². The number of aromatic nitrogens is 3. The Morgan fingerprint density at radius 3 is 2.71 bits per heavy atom. The Balaban J connectivity index is 2.18. The van der Waals surface area contributed by atoms with Crippen molar-refractivity contribution in [2.45, 2.75) is 19.9 Å². The molecule has 1 N–H and O–H groups in total. The Kier molecular flexibility index (Phi) is 3.54. The lowest BCUT2D eigenvalue weighted by molar-refractivity contribution is 0.864. The van der Waals surface area contributed by atoms with Gasteiger partial charge < -0.3 is 5.32 Å². The van der Waals surface area contributed by atoms with Gasteiger partial charge in [0.15, 0.2) is 0 Å². The fourth-order valence-electron chi connectivity index (χ4n) is 1.51. The van der Waals surface area contributed by atoms with Crippen LogP contribution in [0.4, 0.5) is 5.82 Å². The highest BCUT2D eigenvalue weighted by molar-refractivity contribution is 6.28. The number of hydrogen-bond acceptors (Lipinski definition) is 4. The normalized spacial score (nSPS) is 12.2. The van der Waals surface area contributed by atoms with Gasteiger partial charge in [0.2, 0.25) is 5.28 Å². The van der Waals surface area contributed by atoms with Crippen LogP contribution in [0, 0.1) is 6.92 Å². The van der Waals surface area contributed by atoms with Gasteiger partial charge in [-0.2, -0.15) is 0 Å². The molecule has 2 aromatic heterocycles. The van der Waals surface area contributed by atoms with E-state index in [9.17, 15) is 0 Å². The molecule has 0 saturated carbocycles. The van der Waals surface area contributed by atoms with Crippen LogP contribution in [0.1, 0.15) is 24.1 Å². The molecule has 88 valence electrons. The number of nitrogens with zero attached hydrogens (tertiary/aromatic N) is 3. The summed E-state index contributed by atoms with van der Waals surface area (Å²) in [6, 6.07) is 4.08. The third-order valence-electron chi connectivity index (χ3n) is 2.50. The predicted octanol–water partition coefficient (Wildman–Crippen LogP) is 3.01. The molecule has 4 nitrogen and oxygen atoms in total. The van der Waals surface area contributed by atoms with E-state index < -0.39 is 0 Å². The Labute approximate surface area is 105 Å². The molecule has 0 aliphatic carbocycles. The first-order valence-electron chi connectivity index (χ1n) is 5.32. The summed E-state index contributed by atoms with van der Waals surface area (Å²) in [5, 5.41) is 3.55. The zero-order valence-corrected chi connectivity index (χ0v) is 10.4. The summed E-state index contributed by atoms with van der Waals surface area (Å²) in [6.07, 6.45) is 5.25. The fourth-order valence-corrected chi connectivity index (χ4v) is 1.64. The maximum absolute atomic E-state index is 5.77. The van der Waals surface area contributed by atoms with E-state index in [1.807, 2.05) is 19.1 Å². The van der Waals surface area contributed by atoms with Crippen LogP contribution in [0.15, 0.2) is 30.7 Å². The van der Waals surface area contributed by atoms with Crippen LogP contribution < -0.4 is 5.32 Å². The first kappa shape index (κ1) is 11.8. The van der Waals surface area contributed by atoms with Gasteiger partial charge in [-0.1, -0.05) is 0 Å². The molecule has 0 amide bonds. The lowest BCUT2D eigenvalue weighted by Gasteiger charge is -2.16. The quantitative estimate of drug-likeness (QED) is 0.849. The zero-order chi connectivity index (χ0) is 12.3. The molecular weight excluding hydrogens is 236 g/mol. The highest BCUT2D eigenvalue weighted by atomic mass is 35.5. The summed E-state index contributed by atoms with van der Waals surface area (Å²) in [7, 11) is 0. The molecule has 2 rings (SSSR count). The molecular formula is C12H13ClN4. The van der Waals surface area contributed by atoms with Gasteiger partial charge in [0.25, 0.3) is 0 Å². The first-order valence-corrected chi connectivity index (χ1v) is 5.70. The van der Waals surface area contributed by atoms with Gasteiger partial charge in [-0.25, -0.2) is 9.97 Å². The largest absolute Gasteiger partial charge is 0.363 e. The number of aryl methyl sites for hydroxylation is 1. The maximum Gasteiger partial charge on any atom is 0.224 e. The monoisotopic (exact) mass is 248 g/mol. The number of anilines is 1. The van der Waals surface area contributed by atoms with E-state index in [1.165, 1.54) is 0 Å². The van der Waals surface area contributed by atoms with Crippen molar-refractivity contribution in [3.05, 3.63) is 47.1 Å². The lowest BCUT2D eigenvalue weighted by Crippen LogP contribution is -2.09. The van der Waals surface area contributed by atoms with Crippen molar-refractivity contribution in [2.24, 2.45) is 0 Å². The van der Waals surface area contributed by atoms with Gasteiger partial charge in [-0.15, -0.1) is 0 Å². The molecule has 0 bridgehead atoms. The van der Waals surface area contributed by atoms with Crippen molar-refractivity contribution in [1.29, 1.82) is 0 Å². The molecule has 17 heavy (non-hydrogen) atoms. The molecule has 2 heterocycles. The van der Waals surface area contributed by atoms with Gasteiger partial charge in [-0.3, -0.25) is 4.98 Å². The molecule has 0 aromatic carbocycles. The van der Waals surface area contributed by atoms with E-state index in [-0.39, 0.29) is 11.3 Å². The second-order valence-corrected chi connectivity index (χ2v) is 4.16. The summed E-state index contributed by atoms with van der Waals surface area (Å²) in [5.41, 5.74) is 2.12. The third-order valence-corrected chi connectivity index (χ3v) is 2.68. The van der Waals surface area contributed by atoms with Crippen LogP contribution in [-0.4, -0.2) is 15.0 Å². The second kappa shape index (κ2) is 5.10. The highest BCUT2D eigenvalue weighted by Gasteiger charge is 2.08. The zero-order valence-electron chi connectivity index (χ0n) is 9.68. The summed E-state index contributed by atoms with van der Waals surface area (Å²) >= 11 is 5.77. The van der Waals surface area contributed by atoms with Crippen molar-refractivity contribution in [2.75, 3.05) is 5.32 Å². The molecule has 0 radical (unpaired) electrons. The minimum Gasteiger partial charge on any atom is -0.363 e. The van der Waals surface area contributed by atoms with Crippen molar-refractivity contribution >= 4 is 17.4 Å². The molecule has 1 atom stereocenters. The smallest absolute Gasteiger partial charge is 0.224 e. The summed E-state index contributed by atoms with van der Waals surface area (Å²) < 4.78 is 0. The van der Waals surface area contributed by atoms with Crippen molar-refractivity contribution in [3.8, 4) is 0 Å². The van der Waals surface area contributed by atoms with Crippen LogP contribution in [0.2, 0.25) is 5.28 Å². The van der Waals surface area contributed by atoms with E-state index in [2.05, 4.69) is 27.2 Å². The van der Waals surface area contributed by atoms with Gasteiger partial charge in [0.05, 0.1) is 6.04 Å². The van der Waals surface area contributed by atoms with Crippen molar-refractivity contribution < 1.29 is 0 Å². The number of rotatable bonds is 3. The van der Waals surface area contributed by atoms with Crippen molar-refractivity contribution in [1.82, 2.24) is 15.0 Å². The van der Waals surface area contributed by atoms with E-state index in [0.29, 0.717) is 0 Å². The molecule has 0 fully saturated rings. The summed E-state index contributed by atoms with van der Waals surface area (Å²) in [6.45, 7) is 4.00. The van der Waals surface area contributed by atoms with Crippen LogP contribution in [-0.2, 0) is 0 Å². The van der Waals surface area contributed by atoms with Gasteiger partial charge in [0.1, 0.15) is 5.82 Å². The average molecular weight is 249 g/mol. The molecule has 0 aliphatic rings. The number of pyridine rings is 1. The maximum atomic E-state index is 5.77. The predicted molar refractivity (Wildman–Crippen MR) is 68.1 cm³/mol. The van der Waals surface area contributed by atoms with Crippen LogP contribution in [0.25, 0.3) is 0 Å². The van der Waals surface area contributed by atoms with Gasteiger partial charge >= 0.3 is 0 Å². The highest BCUT2D eigenvalue weighted by Crippen LogP contribution is 2.20. The minimum atomic E-state index is 0.141. The lowest BCUT2D eigenvalue weighted by atomic mass is 10.1. The Bertz CT molecular complexity index is 501. The Hall–Kier alpha value is -1.68. The molecule has 5 heteroatoms. The van der Waals surface area contributed by atoms with E-state index in [4.69, 9.17) is 11.6 Å². The molecule has 0 aliphatic heterocycles. The Morgan fingerprint density at radius 2 is 2.00 bits per heavy atom. The molecule has 0 saturated heterocycles. The molecule has 2 aromatic rings. The fraction of sp³-hybridized carbons (Fsp3) is 0.250.